The Morgan fingerprint density at radius 1 is 0.944 bits per heavy atom. The van der Waals surface area contributed by atoms with Crippen LogP contribution in [0.5, 0.6) is 0 Å². The molecule has 0 spiro atoms. The third-order valence-corrected chi connectivity index (χ3v) is 6.38. The van der Waals surface area contributed by atoms with Gasteiger partial charge >= 0.3 is 5.97 Å². The van der Waals surface area contributed by atoms with E-state index in [1.165, 1.54) is 29.9 Å². The number of methoxy groups -OCH3 is 1. The Hall–Kier alpha value is -4.32. The van der Waals surface area contributed by atoms with Crippen molar-refractivity contribution in [2.45, 2.75) is 19.3 Å². The van der Waals surface area contributed by atoms with Gasteiger partial charge in [-0.2, -0.15) is 0 Å². The lowest BCUT2D eigenvalue weighted by Crippen LogP contribution is -2.17. The van der Waals surface area contributed by atoms with Crippen LogP contribution in [0, 0.1) is 12.7 Å². The third-order valence-electron chi connectivity index (χ3n) is 6.38. The Morgan fingerprint density at radius 3 is 2.28 bits per heavy atom. The normalized spacial score (nSPS) is 11.7. The summed E-state index contributed by atoms with van der Waals surface area (Å²) in [5.41, 5.74) is 4.65. The summed E-state index contributed by atoms with van der Waals surface area (Å²) in [5.74, 6) is -1.64. The van der Waals surface area contributed by atoms with E-state index in [0.717, 1.165) is 22.3 Å². The number of nitrogens with zero attached hydrogens (tertiary/aromatic N) is 1. The molecule has 4 rings (SSSR count). The predicted molar refractivity (Wildman–Crippen MR) is 137 cm³/mol. The number of carbonyl (C=O) groups excluding carboxylic acids is 2. The number of esters is 1. The Bertz CT molecular complexity index is 1490. The van der Waals surface area contributed by atoms with Crippen LogP contribution in [0.3, 0.4) is 0 Å². The minimum Gasteiger partial charge on any atom is -0.465 e. The zero-order valence-corrected chi connectivity index (χ0v) is 20.3. The number of aromatic nitrogens is 1. The molecular weight excluding hydrogens is 457 g/mol. The van der Waals surface area contributed by atoms with Crippen molar-refractivity contribution in [3.05, 3.63) is 129 Å². The van der Waals surface area contributed by atoms with Crippen LogP contribution < -0.4 is 5.56 Å². The molecule has 1 unspecified atom stereocenters. The first-order chi connectivity index (χ1) is 17.3. The SMILES string of the molecule is COC(=O)c1ccc(-c2ccc(C(CC(=O)c3ccc(=O)n(C)c3)c3ccccc3C)cc2)cc1F. The number of hydrogen-bond donors (Lipinski definition) is 0. The molecule has 3 aromatic carbocycles. The summed E-state index contributed by atoms with van der Waals surface area (Å²) < 4.78 is 20.5. The molecule has 1 aromatic heterocycles. The zero-order chi connectivity index (χ0) is 25.8. The van der Waals surface area contributed by atoms with E-state index in [1.807, 2.05) is 55.5 Å². The van der Waals surface area contributed by atoms with Crippen molar-refractivity contribution in [3.63, 3.8) is 0 Å². The summed E-state index contributed by atoms with van der Waals surface area (Å²) >= 11 is 0. The zero-order valence-electron chi connectivity index (χ0n) is 20.3. The number of rotatable bonds is 7. The van der Waals surface area contributed by atoms with Crippen molar-refractivity contribution >= 4 is 11.8 Å². The van der Waals surface area contributed by atoms with Gasteiger partial charge in [0.25, 0.3) is 0 Å². The molecule has 36 heavy (non-hydrogen) atoms. The Balaban J connectivity index is 1.67. The van der Waals surface area contributed by atoms with Crippen LogP contribution in [0.15, 0.2) is 89.9 Å². The van der Waals surface area contributed by atoms with Crippen molar-refractivity contribution < 1.29 is 18.7 Å². The van der Waals surface area contributed by atoms with Gasteiger partial charge in [-0.05, 0) is 52.9 Å². The fourth-order valence-electron chi connectivity index (χ4n) is 4.33. The van der Waals surface area contributed by atoms with Crippen molar-refractivity contribution in [3.8, 4) is 11.1 Å². The van der Waals surface area contributed by atoms with Gasteiger partial charge in [0.1, 0.15) is 5.82 Å². The topological polar surface area (TPSA) is 65.4 Å². The molecule has 0 aliphatic rings. The standard InChI is InChI=1S/C30H26FNO4/c1-19-6-4-5-7-24(19)26(17-28(33)23-13-15-29(34)32(2)18-23)21-10-8-20(9-11-21)22-12-14-25(27(31)16-22)30(35)36-3/h4-16,18,26H,17H2,1-3H3. The summed E-state index contributed by atoms with van der Waals surface area (Å²) in [6, 6.07) is 22.9. The summed E-state index contributed by atoms with van der Waals surface area (Å²) in [4.78, 5) is 36.6. The molecule has 6 heteroatoms. The minimum absolute atomic E-state index is 0.0663. The van der Waals surface area contributed by atoms with Gasteiger partial charge in [0, 0.05) is 37.2 Å². The number of halogens is 1. The van der Waals surface area contributed by atoms with Crippen LogP contribution >= 0.6 is 0 Å². The van der Waals surface area contributed by atoms with E-state index in [9.17, 15) is 18.8 Å². The monoisotopic (exact) mass is 483 g/mol. The van der Waals surface area contributed by atoms with Gasteiger partial charge in [-0.1, -0.05) is 54.6 Å². The van der Waals surface area contributed by atoms with Gasteiger partial charge in [-0.3, -0.25) is 9.59 Å². The van der Waals surface area contributed by atoms with E-state index < -0.39 is 11.8 Å². The second-order valence-electron chi connectivity index (χ2n) is 8.71. The van der Waals surface area contributed by atoms with Crippen LogP contribution in [0.1, 0.15) is 49.7 Å². The number of aryl methyl sites for hydroxylation is 2. The van der Waals surface area contributed by atoms with Crippen LogP contribution in [0.2, 0.25) is 0 Å². The van der Waals surface area contributed by atoms with Gasteiger partial charge in [0.2, 0.25) is 5.56 Å². The molecule has 4 aromatic rings. The van der Waals surface area contributed by atoms with Crippen LogP contribution in [-0.4, -0.2) is 23.4 Å². The summed E-state index contributed by atoms with van der Waals surface area (Å²) in [7, 11) is 2.83. The number of hydrogen-bond acceptors (Lipinski definition) is 4. The lowest BCUT2D eigenvalue weighted by atomic mass is 9.83. The Labute approximate surface area is 208 Å². The number of ether oxygens (including phenoxy) is 1. The number of ketones is 1. The quantitative estimate of drug-likeness (QED) is 0.250. The van der Waals surface area contributed by atoms with E-state index in [2.05, 4.69) is 4.74 Å². The van der Waals surface area contributed by atoms with E-state index in [-0.39, 0.29) is 29.2 Å². The Morgan fingerprint density at radius 2 is 1.64 bits per heavy atom. The third kappa shape index (κ3) is 5.18. The van der Waals surface area contributed by atoms with Crippen molar-refractivity contribution in [1.29, 1.82) is 0 Å². The second kappa shape index (κ2) is 10.5. The van der Waals surface area contributed by atoms with Crippen LogP contribution in [-0.2, 0) is 11.8 Å². The minimum atomic E-state index is -0.723. The molecule has 5 nitrogen and oxygen atoms in total. The van der Waals surface area contributed by atoms with Crippen molar-refractivity contribution in [1.82, 2.24) is 4.57 Å². The first-order valence-electron chi connectivity index (χ1n) is 11.5. The van der Waals surface area contributed by atoms with Gasteiger partial charge in [0.05, 0.1) is 12.7 Å². The predicted octanol–water partition coefficient (Wildman–Crippen LogP) is 5.69. The van der Waals surface area contributed by atoms with Crippen molar-refractivity contribution in [2.24, 2.45) is 7.05 Å². The molecule has 0 amide bonds. The highest BCUT2D eigenvalue weighted by molar-refractivity contribution is 5.96. The fourth-order valence-corrected chi connectivity index (χ4v) is 4.33. The van der Waals surface area contributed by atoms with Gasteiger partial charge in [0.15, 0.2) is 5.78 Å². The number of Topliss-reactive ketones (excluding diaryl/α,β-unsaturated/α-hetero) is 1. The average molecular weight is 484 g/mol. The lowest BCUT2D eigenvalue weighted by Gasteiger charge is -2.20. The molecule has 0 aliphatic heterocycles. The summed E-state index contributed by atoms with van der Waals surface area (Å²) in [6.45, 7) is 2.01. The van der Waals surface area contributed by atoms with Crippen LogP contribution in [0.4, 0.5) is 4.39 Å². The number of carbonyl (C=O) groups is 2. The molecule has 1 heterocycles. The lowest BCUT2D eigenvalue weighted by molar-refractivity contribution is 0.0595. The van der Waals surface area contributed by atoms with Crippen LogP contribution in [0.25, 0.3) is 11.1 Å². The highest BCUT2D eigenvalue weighted by Gasteiger charge is 2.21. The second-order valence-corrected chi connectivity index (χ2v) is 8.71. The van der Waals surface area contributed by atoms with Gasteiger partial charge in [-0.25, -0.2) is 9.18 Å². The molecule has 0 bridgehead atoms. The van der Waals surface area contributed by atoms with E-state index in [1.54, 1.807) is 25.4 Å². The molecule has 0 aliphatic carbocycles. The first kappa shape index (κ1) is 24.8. The molecule has 0 saturated carbocycles. The molecule has 182 valence electrons. The molecular formula is C30H26FNO4. The van der Waals surface area contributed by atoms with Gasteiger partial charge < -0.3 is 9.30 Å². The molecule has 1 atom stereocenters. The average Bonchev–Trinajstić information content (AvgIpc) is 2.89. The van der Waals surface area contributed by atoms with E-state index in [0.29, 0.717) is 11.1 Å². The smallest absolute Gasteiger partial charge is 0.340 e. The highest BCUT2D eigenvalue weighted by atomic mass is 19.1. The molecule has 0 saturated heterocycles. The molecule has 0 N–H and O–H groups in total. The summed E-state index contributed by atoms with van der Waals surface area (Å²) in [5, 5.41) is 0. The molecule has 0 radical (unpaired) electrons. The summed E-state index contributed by atoms with van der Waals surface area (Å²) in [6.07, 6.45) is 1.79. The number of benzene rings is 3. The van der Waals surface area contributed by atoms with Gasteiger partial charge in [-0.15, -0.1) is 0 Å². The maximum absolute atomic E-state index is 14.4. The van der Waals surface area contributed by atoms with Crippen molar-refractivity contribution in [2.75, 3.05) is 7.11 Å². The maximum atomic E-state index is 14.4. The number of pyridine rings is 1. The van der Waals surface area contributed by atoms with E-state index in [4.69, 9.17) is 0 Å². The first-order valence-corrected chi connectivity index (χ1v) is 11.5. The Kier molecular flexibility index (Phi) is 7.25. The maximum Gasteiger partial charge on any atom is 0.340 e. The fraction of sp³-hybridized carbons (Fsp3) is 0.167. The highest BCUT2D eigenvalue weighted by Crippen LogP contribution is 2.33. The largest absolute Gasteiger partial charge is 0.465 e. The molecule has 0 fully saturated rings. The van der Waals surface area contributed by atoms with E-state index >= 15 is 0 Å².